The quantitative estimate of drug-likeness (QED) is 0.881. The van der Waals surface area contributed by atoms with Gasteiger partial charge in [-0.05, 0) is 36.8 Å². The fourth-order valence-electron chi connectivity index (χ4n) is 1.70. The van der Waals surface area contributed by atoms with Gasteiger partial charge in [0.05, 0.1) is 16.6 Å². The maximum atomic E-state index is 11.9. The van der Waals surface area contributed by atoms with Crippen molar-refractivity contribution in [2.24, 2.45) is 0 Å². The summed E-state index contributed by atoms with van der Waals surface area (Å²) in [6.45, 7) is 2.11. The third-order valence-electron chi connectivity index (χ3n) is 2.79. The topological polar surface area (TPSA) is 41.1 Å². The Morgan fingerprint density at radius 2 is 1.85 bits per heavy atom. The van der Waals surface area contributed by atoms with Gasteiger partial charge >= 0.3 is 0 Å². The highest BCUT2D eigenvalue weighted by atomic mass is 35.5. The van der Waals surface area contributed by atoms with Crippen molar-refractivity contribution in [2.75, 3.05) is 17.2 Å². The number of hydrogen-bond donors (Lipinski definition) is 2. The molecular formula is C15H14Cl2N2O. The molecule has 0 radical (unpaired) electrons. The Balaban J connectivity index is 1.92. The summed E-state index contributed by atoms with van der Waals surface area (Å²) >= 11 is 11.7. The van der Waals surface area contributed by atoms with E-state index in [0.29, 0.717) is 10.0 Å². The molecule has 0 spiro atoms. The number of nitrogens with one attached hydrogen (secondary N) is 2. The van der Waals surface area contributed by atoms with Gasteiger partial charge < -0.3 is 10.6 Å². The minimum atomic E-state index is -0.120. The first-order chi connectivity index (χ1) is 9.56. The highest BCUT2D eigenvalue weighted by molar-refractivity contribution is 6.42. The molecule has 20 heavy (non-hydrogen) atoms. The first-order valence-electron chi connectivity index (χ1n) is 6.10. The molecule has 0 aromatic heterocycles. The van der Waals surface area contributed by atoms with Gasteiger partial charge in [0, 0.05) is 11.4 Å². The minimum absolute atomic E-state index is 0.120. The molecule has 2 aromatic carbocycles. The molecular weight excluding hydrogens is 295 g/mol. The number of amides is 1. The maximum absolute atomic E-state index is 11.9. The molecule has 0 saturated carbocycles. The molecule has 0 saturated heterocycles. The number of aryl methyl sites for hydroxylation is 1. The first kappa shape index (κ1) is 14.7. The van der Waals surface area contributed by atoms with Crippen LogP contribution in [0.15, 0.2) is 42.5 Å². The third-order valence-corrected chi connectivity index (χ3v) is 3.53. The Morgan fingerprint density at radius 1 is 1.10 bits per heavy atom. The van der Waals surface area contributed by atoms with Gasteiger partial charge in [0.2, 0.25) is 5.91 Å². The number of halogens is 2. The van der Waals surface area contributed by atoms with Crippen molar-refractivity contribution in [2.45, 2.75) is 6.92 Å². The van der Waals surface area contributed by atoms with Crippen LogP contribution < -0.4 is 10.6 Å². The van der Waals surface area contributed by atoms with E-state index in [4.69, 9.17) is 23.2 Å². The Hall–Kier alpha value is -1.71. The van der Waals surface area contributed by atoms with Crippen molar-refractivity contribution in [1.29, 1.82) is 0 Å². The molecule has 2 rings (SSSR count). The van der Waals surface area contributed by atoms with E-state index in [1.54, 1.807) is 18.2 Å². The summed E-state index contributed by atoms with van der Waals surface area (Å²) in [4.78, 5) is 11.9. The number of benzene rings is 2. The van der Waals surface area contributed by atoms with Gasteiger partial charge in [-0.25, -0.2) is 0 Å². The molecule has 0 aliphatic carbocycles. The molecule has 0 fully saturated rings. The van der Waals surface area contributed by atoms with Crippen molar-refractivity contribution < 1.29 is 4.79 Å². The van der Waals surface area contributed by atoms with E-state index in [9.17, 15) is 4.79 Å². The van der Waals surface area contributed by atoms with Crippen LogP contribution in [0.4, 0.5) is 11.4 Å². The SMILES string of the molecule is Cc1ccccc1NC(=O)CNc1ccc(Cl)c(Cl)c1. The zero-order chi connectivity index (χ0) is 14.5. The van der Waals surface area contributed by atoms with Crippen molar-refractivity contribution in [3.8, 4) is 0 Å². The molecule has 0 unspecified atom stereocenters. The van der Waals surface area contributed by atoms with Crippen LogP contribution in [0.5, 0.6) is 0 Å². The van der Waals surface area contributed by atoms with E-state index in [1.807, 2.05) is 31.2 Å². The second-order valence-electron chi connectivity index (χ2n) is 4.35. The molecule has 0 atom stereocenters. The van der Waals surface area contributed by atoms with E-state index < -0.39 is 0 Å². The van der Waals surface area contributed by atoms with Gasteiger partial charge in [-0.1, -0.05) is 41.4 Å². The second-order valence-corrected chi connectivity index (χ2v) is 5.16. The van der Waals surface area contributed by atoms with Crippen LogP contribution in [0, 0.1) is 6.92 Å². The fourth-order valence-corrected chi connectivity index (χ4v) is 1.99. The van der Waals surface area contributed by atoms with Crippen LogP contribution in [-0.4, -0.2) is 12.5 Å². The molecule has 3 nitrogen and oxygen atoms in total. The zero-order valence-corrected chi connectivity index (χ0v) is 12.4. The Morgan fingerprint density at radius 3 is 2.55 bits per heavy atom. The number of carbonyl (C=O) groups is 1. The van der Waals surface area contributed by atoms with Crippen LogP contribution >= 0.6 is 23.2 Å². The summed E-state index contributed by atoms with van der Waals surface area (Å²) in [5.41, 5.74) is 2.59. The number of hydrogen-bond acceptors (Lipinski definition) is 2. The maximum Gasteiger partial charge on any atom is 0.243 e. The largest absolute Gasteiger partial charge is 0.376 e. The number of para-hydroxylation sites is 1. The normalized spacial score (nSPS) is 10.2. The molecule has 0 heterocycles. The highest BCUT2D eigenvalue weighted by Gasteiger charge is 2.05. The van der Waals surface area contributed by atoms with E-state index in [2.05, 4.69) is 10.6 Å². The lowest BCUT2D eigenvalue weighted by atomic mass is 10.2. The lowest BCUT2D eigenvalue weighted by Crippen LogP contribution is -2.22. The summed E-state index contributed by atoms with van der Waals surface area (Å²) < 4.78 is 0. The minimum Gasteiger partial charge on any atom is -0.376 e. The lowest BCUT2D eigenvalue weighted by Gasteiger charge is -2.10. The van der Waals surface area contributed by atoms with Gasteiger partial charge in [-0.15, -0.1) is 0 Å². The van der Waals surface area contributed by atoms with Gasteiger partial charge in [0.15, 0.2) is 0 Å². The first-order valence-corrected chi connectivity index (χ1v) is 6.86. The van der Waals surface area contributed by atoms with Crippen molar-refractivity contribution in [1.82, 2.24) is 0 Å². The van der Waals surface area contributed by atoms with Gasteiger partial charge in [-0.3, -0.25) is 4.79 Å². The highest BCUT2D eigenvalue weighted by Crippen LogP contribution is 2.24. The fraction of sp³-hybridized carbons (Fsp3) is 0.133. The second kappa shape index (κ2) is 6.64. The van der Waals surface area contributed by atoms with Gasteiger partial charge in [0.1, 0.15) is 0 Å². The van der Waals surface area contributed by atoms with Gasteiger partial charge in [-0.2, -0.15) is 0 Å². The van der Waals surface area contributed by atoms with Crippen LogP contribution in [0.1, 0.15) is 5.56 Å². The van der Waals surface area contributed by atoms with Crippen LogP contribution in [0.2, 0.25) is 10.0 Å². The number of anilines is 2. The summed E-state index contributed by atoms with van der Waals surface area (Å²) in [5.74, 6) is -0.120. The molecule has 2 aromatic rings. The van der Waals surface area contributed by atoms with Gasteiger partial charge in [0.25, 0.3) is 0 Å². The molecule has 1 amide bonds. The standard InChI is InChI=1S/C15H14Cl2N2O/c1-10-4-2-3-5-14(10)19-15(20)9-18-11-6-7-12(16)13(17)8-11/h2-8,18H,9H2,1H3,(H,19,20). The Kier molecular flexibility index (Phi) is 4.88. The van der Waals surface area contributed by atoms with Crippen LogP contribution in [0.3, 0.4) is 0 Å². The average molecular weight is 309 g/mol. The molecule has 104 valence electrons. The third kappa shape index (κ3) is 3.89. The van der Waals surface area contributed by atoms with E-state index >= 15 is 0 Å². The van der Waals surface area contributed by atoms with Crippen molar-refractivity contribution >= 4 is 40.5 Å². The smallest absolute Gasteiger partial charge is 0.243 e. The molecule has 0 aliphatic heterocycles. The number of rotatable bonds is 4. The molecule has 0 aliphatic rings. The zero-order valence-electron chi connectivity index (χ0n) is 10.9. The summed E-state index contributed by atoms with van der Waals surface area (Å²) in [7, 11) is 0. The Bertz CT molecular complexity index is 629. The number of carbonyl (C=O) groups excluding carboxylic acids is 1. The van der Waals surface area contributed by atoms with Crippen LogP contribution in [-0.2, 0) is 4.79 Å². The lowest BCUT2D eigenvalue weighted by molar-refractivity contribution is -0.114. The Labute approximate surface area is 127 Å². The van der Waals surface area contributed by atoms with E-state index in [0.717, 1.165) is 16.9 Å². The average Bonchev–Trinajstić information content (AvgIpc) is 2.43. The molecule has 0 bridgehead atoms. The summed E-state index contributed by atoms with van der Waals surface area (Å²) in [6.07, 6.45) is 0. The summed E-state index contributed by atoms with van der Waals surface area (Å²) in [5, 5.41) is 6.79. The molecule has 5 heteroatoms. The van der Waals surface area contributed by atoms with Crippen LogP contribution in [0.25, 0.3) is 0 Å². The van der Waals surface area contributed by atoms with Crippen molar-refractivity contribution in [3.63, 3.8) is 0 Å². The molecule has 2 N–H and O–H groups in total. The predicted molar refractivity (Wildman–Crippen MR) is 84.8 cm³/mol. The summed E-state index contributed by atoms with van der Waals surface area (Å²) in [6, 6.07) is 12.8. The van der Waals surface area contributed by atoms with E-state index in [-0.39, 0.29) is 12.5 Å². The monoisotopic (exact) mass is 308 g/mol. The van der Waals surface area contributed by atoms with Crippen molar-refractivity contribution in [3.05, 3.63) is 58.1 Å². The predicted octanol–water partition coefficient (Wildman–Crippen LogP) is 4.35. The van der Waals surface area contributed by atoms with E-state index in [1.165, 1.54) is 0 Å².